The van der Waals surface area contributed by atoms with Crippen molar-refractivity contribution in [1.29, 1.82) is 0 Å². The topological polar surface area (TPSA) is 20.2 Å². The number of fused-ring (bicyclic) bond motifs is 5. The Morgan fingerprint density at radius 3 is 2.95 bits per heavy atom. The predicted molar refractivity (Wildman–Crippen MR) is 81.6 cm³/mol. The quantitative estimate of drug-likeness (QED) is 0.800. The molecule has 108 valence electrons. The molecule has 1 nitrogen and oxygen atoms in total. The second kappa shape index (κ2) is 4.59. The maximum Gasteiger partial charge on any atom is 0.0681 e. The van der Waals surface area contributed by atoms with Gasteiger partial charge in [-0.2, -0.15) is 0 Å². The van der Waals surface area contributed by atoms with E-state index in [1.54, 1.807) is 5.56 Å². The number of benzene rings is 1. The van der Waals surface area contributed by atoms with Gasteiger partial charge in [-0.3, -0.25) is 0 Å². The summed E-state index contributed by atoms with van der Waals surface area (Å²) in [5.41, 5.74) is 4.89. The van der Waals surface area contributed by atoms with Gasteiger partial charge < -0.3 is 5.11 Å². The molecule has 3 aliphatic rings. The fraction of sp³-hybridized carbons (Fsp3) is 0.684. The highest BCUT2D eigenvalue weighted by atomic mass is 16.3. The smallest absolute Gasteiger partial charge is 0.0681 e. The zero-order chi connectivity index (χ0) is 13.7. The molecular formula is C19H26O. The van der Waals surface area contributed by atoms with E-state index in [1.807, 2.05) is 0 Å². The molecule has 0 spiro atoms. The SMILES string of the molecule is C[C@@]12CCC[C@H]1[C@@H]1CCc3cc(CO)ccc3[C@H]1CC2. The summed E-state index contributed by atoms with van der Waals surface area (Å²) in [7, 11) is 0. The van der Waals surface area contributed by atoms with E-state index in [4.69, 9.17) is 0 Å². The predicted octanol–water partition coefficient (Wildman–Crippen LogP) is 4.43. The lowest BCUT2D eigenvalue weighted by atomic mass is 9.56. The lowest BCUT2D eigenvalue weighted by Gasteiger charge is -2.49. The molecule has 0 bridgehead atoms. The van der Waals surface area contributed by atoms with Crippen molar-refractivity contribution in [2.24, 2.45) is 17.3 Å². The Morgan fingerprint density at radius 1 is 1.20 bits per heavy atom. The number of aliphatic hydroxyl groups is 1. The fourth-order valence-electron chi connectivity index (χ4n) is 5.73. The van der Waals surface area contributed by atoms with Crippen LogP contribution in [0.25, 0.3) is 0 Å². The number of hydrogen-bond donors (Lipinski definition) is 1. The first-order valence-corrected chi connectivity index (χ1v) is 8.44. The molecule has 1 N–H and O–H groups in total. The van der Waals surface area contributed by atoms with Crippen LogP contribution in [-0.4, -0.2) is 5.11 Å². The van der Waals surface area contributed by atoms with Gasteiger partial charge in [-0.15, -0.1) is 0 Å². The van der Waals surface area contributed by atoms with E-state index in [2.05, 4.69) is 25.1 Å². The number of hydrogen-bond acceptors (Lipinski definition) is 1. The van der Waals surface area contributed by atoms with E-state index in [1.165, 1.54) is 50.5 Å². The number of rotatable bonds is 1. The lowest BCUT2D eigenvalue weighted by Crippen LogP contribution is -2.39. The monoisotopic (exact) mass is 270 g/mol. The van der Waals surface area contributed by atoms with E-state index < -0.39 is 0 Å². The van der Waals surface area contributed by atoms with E-state index in [-0.39, 0.29) is 6.61 Å². The second-order valence-corrected chi connectivity index (χ2v) is 7.69. The third kappa shape index (κ3) is 1.79. The van der Waals surface area contributed by atoms with Crippen LogP contribution in [0.1, 0.15) is 68.1 Å². The largest absolute Gasteiger partial charge is 0.392 e. The standard InChI is InChI=1S/C19H26O/c1-19-9-2-3-18(19)17-7-5-14-11-13(12-20)4-6-15(14)16(17)8-10-19/h4,6,11,16-18,20H,2-3,5,7-10,12H2,1H3/t16-,17-,18+,19+/m1/s1. The van der Waals surface area contributed by atoms with Gasteiger partial charge in [0.05, 0.1) is 6.61 Å². The average molecular weight is 270 g/mol. The van der Waals surface area contributed by atoms with E-state index in [9.17, 15) is 5.11 Å². The average Bonchev–Trinajstić information content (AvgIpc) is 2.88. The summed E-state index contributed by atoms with van der Waals surface area (Å²) < 4.78 is 0. The molecule has 0 radical (unpaired) electrons. The van der Waals surface area contributed by atoms with Gasteiger partial charge in [-0.05, 0) is 78.4 Å². The van der Waals surface area contributed by atoms with Gasteiger partial charge in [0.25, 0.3) is 0 Å². The molecule has 1 aromatic carbocycles. The molecule has 1 heteroatoms. The van der Waals surface area contributed by atoms with Gasteiger partial charge in [0.2, 0.25) is 0 Å². The minimum absolute atomic E-state index is 0.183. The van der Waals surface area contributed by atoms with Gasteiger partial charge in [0.15, 0.2) is 0 Å². The Kier molecular flexibility index (Phi) is 2.96. The van der Waals surface area contributed by atoms with Crippen LogP contribution in [0, 0.1) is 17.3 Å². The van der Waals surface area contributed by atoms with Gasteiger partial charge in [0.1, 0.15) is 0 Å². The Balaban J connectivity index is 1.69. The summed E-state index contributed by atoms with van der Waals surface area (Å²) in [4.78, 5) is 0. The highest BCUT2D eigenvalue weighted by Gasteiger charge is 2.50. The maximum absolute atomic E-state index is 9.33. The van der Waals surface area contributed by atoms with Gasteiger partial charge in [-0.25, -0.2) is 0 Å². The Bertz CT molecular complexity index is 520. The van der Waals surface area contributed by atoms with Crippen LogP contribution in [0.3, 0.4) is 0 Å². The molecule has 3 aliphatic carbocycles. The summed E-state index contributed by atoms with van der Waals surface area (Å²) >= 11 is 0. The van der Waals surface area contributed by atoms with Crippen molar-refractivity contribution >= 4 is 0 Å². The highest BCUT2D eigenvalue weighted by molar-refractivity contribution is 5.38. The van der Waals surface area contributed by atoms with Crippen LogP contribution in [0.15, 0.2) is 18.2 Å². The summed E-state index contributed by atoms with van der Waals surface area (Å²) in [6.45, 7) is 2.74. The van der Waals surface area contributed by atoms with Gasteiger partial charge in [0, 0.05) is 0 Å². The summed E-state index contributed by atoms with van der Waals surface area (Å²) in [5, 5.41) is 9.33. The second-order valence-electron chi connectivity index (χ2n) is 7.69. The van der Waals surface area contributed by atoms with Crippen molar-refractivity contribution in [3.05, 3.63) is 34.9 Å². The minimum atomic E-state index is 0.183. The first-order valence-electron chi connectivity index (χ1n) is 8.44. The number of aliphatic hydroxyl groups excluding tert-OH is 1. The molecule has 1 aromatic rings. The van der Waals surface area contributed by atoms with Crippen LogP contribution in [0.5, 0.6) is 0 Å². The fourth-order valence-corrected chi connectivity index (χ4v) is 5.73. The maximum atomic E-state index is 9.33. The molecule has 20 heavy (non-hydrogen) atoms. The summed E-state index contributed by atoms with van der Waals surface area (Å²) in [5.74, 6) is 2.72. The van der Waals surface area contributed by atoms with E-state index in [0.717, 1.165) is 23.3 Å². The molecular weight excluding hydrogens is 244 g/mol. The molecule has 0 aromatic heterocycles. The molecule has 4 atom stereocenters. The Morgan fingerprint density at radius 2 is 2.10 bits per heavy atom. The van der Waals surface area contributed by atoms with Crippen LogP contribution < -0.4 is 0 Å². The summed E-state index contributed by atoms with van der Waals surface area (Å²) in [6, 6.07) is 6.73. The van der Waals surface area contributed by atoms with Crippen LogP contribution >= 0.6 is 0 Å². The van der Waals surface area contributed by atoms with Crippen molar-refractivity contribution in [2.45, 2.75) is 64.4 Å². The van der Waals surface area contributed by atoms with Gasteiger partial charge in [-0.1, -0.05) is 31.5 Å². The highest BCUT2D eigenvalue weighted by Crippen LogP contribution is 2.60. The Hall–Kier alpha value is -0.820. The van der Waals surface area contributed by atoms with Crippen molar-refractivity contribution in [3.63, 3.8) is 0 Å². The molecule has 0 heterocycles. The van der Waals surface area contributed by atoms with Gasteiger partial charge >= 0.3 is 0 Å². The van der Waals surface area contributed by atoms with Crippen molar-refractivity contribution in [3.8, 4) is 0 Å². The van der Waals surface area contributed by atoms with E-state index >= 15 is 0 Å². The first-order chi connectivity index (χ1) is 9.71. The van der Waals surface area contributed by atoms with Crippen LogP contribution in [0.2, 0.25) is 0 Å². The molecule has 2 saturated carbocycles. The molecule has 4 rings (SSSR count). The normalized spacial score (nSPS) is 39.0. The molecule has 0 aliphatic heterocycles. The molecule has 2 fully saturated rings. The minimum Gasteiger partial charge on any atom is -0.392 e. The lowest BCUT2D eigenvalue weighted by molar-refractivity contribution is 0.0598. The first kappa shape index (κ1) is 12.9. The molecule has 0 amide bonds. The zero-order valence-corrected chi connectivity index (χ0v) is 12.6. The Labute approximate surface area is 122 Å². The van der Waals surface area contributed by atoms with Crippen molar-refractivity contribution in [2.75, 3.05) is 0 Å². The number of aryl methyl sites for hydroxylation is 1. The summed E-state index contributed by atoms with van der Waals surface area (Å²) in [6.07, 6.45) is 9.84. The third-order valence-corrected chi connectivity index (χ3v) is 6.75. The third-order valence-electron chi connectivity index (χ3n) is 6.75. The van der Waals surface area contributed by atoms with Crippen LogP contribution in [-0.2, 0) is 13.0 Å². The molecule has 0 unspecified atom stereocenters. The van der Waals surface area contributed by atoms with Crippen molar-refractivity contribution in [1.82, 2.24) is 0 Å². The van der Waals surface area contributed by atoms with E-state index in [0.29, 0.717) is 5.41 Å². The zero-order valence-electron chi connectivity index (χ0n) is 12.6. The van der Waals surface area contributed by atoms with Crippen molar-refractivity contribution < 1.29 is 5.11 Å². The van der Waals surface area contributed by atoms with Crippen LogP contribution in [0.4, 0.5) is 0 Å². The molecule has 0 saturated heterocycles.